The number of likely N-dealkylation sites (tertiary alicyclic amines) is 1. The van der Waals surface area contributed by atoms with Gasteiger partial charge in [0.05, 0.1) is 16.1 Å². The maximum Gasteiger partial charge on any atom is 0.416 e. The van der Waals surface area contributed by atoms with Gasteiger partial charge in [-0.05, 0) is 55.9 Å². The van der Waals surface area contributed by atoms with Gasteiger partial charge < -0.3 is 9.80 Å². The van der Waals surface area contributed by atoms with Crippen molar-refractivity contribution in [3.05, 3.63) is 64.2 Å². The quantitative estimate of drug-likeness (QED) is 0.737. The zero-order valence-corrected chi connectivity index (χ0v) is 15.6. The van der Waals surface area contributed by atoms with Crippen LogP contribution < -0.4 is 4.90 Å². The fraction of sp³-hybridized carbons (Fsp3) is 0.350. The lowest BCUT2D eigenvalue weighted by molar-refractivity contribution is -0.137. The number of rotatable bonds is 4. The molecule has 1 fully saturated rings. The summed E-state index contributed by atoms with van der Waals surface area (Å²) in [4.78, 5) is 4.26. The number of benzene rings is 2. The largest absolute Gasteiger partial charge is 0.416 e. The van der Waals surface area contributed by atoms with E-state index in [9.17, 15) is 13.2 Å². The van der Waals surface area contributed by atoms with E-state index in [1.54, 1.807) is 24.3 Å². The van der Waals surface area contributed by atoms with Crippen molar-refractivity contribution in [2.75, 3.05) is 25.0 Å². The van der Waals surface area contributed by atoms with E-state index in [2.05, 4.69) is 9.80 Å². The molecule has 3 rings (SSSR count). The molecule has 0 amide bonds. The lowest BCUT2D eigenvalue weighted by Crippen LogP contribution is -2.36. The van der Waals surface area contributed by atoms with Crippen molar-refractivity contribution in [2.24, 2.45) is 0 Å². The highest BCUT2D eigenvalue weighted by Gasteiger charge is 2.31. The van der Waals surface area contributed by atoms with Crippen molar-refractivity contribution >= 4 is 17.3 Å². The van der Waals surface area contributed by atoms with Crippen LogP contribution in [0.15, 0.2) is 42.5 Å². The molecule has 1 heterocycles. The second-order valence-corrected chi connectivity index (χ2v) is 7.21. The molecule has 2 aromatic carbocycles. The van der Waals surface area contributed by atoms with Gasteiger partial charge in [-0.25, -0.2) is 0 Å². The Bertz CT molecular complexity index is 860. The van der Waals surface area contributed by atoms with E-state index >= 15 is 0 Å². The van der Waals surface area contributed by atoms with Gasteiger partial charge in [0.2, 0.25) is 0 Å². The van der Waals surface area contributed by atoms with E-state index in [0.717, 1.165) is 31.3 Å². The van der Waals surface area contributed by atoms with Gasteiger partial charge in [0, 0.05) is 24.8 Å². The number of likely N-dealkylation sites (N-methyl/N-ethyl adjacent to an activating group) is 1. The van der Waals surface area contributed by atoms with E-state index in [1.807, 2.05) is 13.1 Å². The van der Waals surface area contributed by atoms with Gasteiger partial charge in [0.15, 0.2) is 0 Å². The third kappa shape index (κ3) is 4.55. The standard InChI is InChI=1S/C20H19ClF3N3/c1-26-8-7-18(13-26)27(17-6-5-15(11-25)19(21)10-17)12-14-3-2-4-16(9-14)20(22,23)24/h2-6,9-10,18H,7-8,12-13H2,1H3/t18-/m0/s1. The summed E-state index contributed by atoms with van der Waals surface area (Å²) < 4.78 is 39.1. The van der Waals surface area contributed by atoms with Crippen molar-refractivity contribution < 1.29 is 13.2 Å². The maximum atomic E-state index is 13.0. The first-order valence-electron chi connectivity index (χ1n) is 8.59. The highest BCUT2D eigenvalue weighted by Crippen LogP contribution is 2.32. The molecule has 142 valence electrons. The van der Waals surface area contributed by atoms with Crippen molar-refractivity contribution in [2.45, 2.75) is 25.2 Å². The van der Waals surface area contributed by atoms with Crippen LogP contribution in [-0.2, 0) is 12.7 Å². The summed E-state index contributed by atoms with van der Waals surface area (Å²) in [5.41, 5.74) is 1.11. The topological polar surface area (TPSA) is 30.3 Å². The molecule has 0 radical (unpaired) electrons. The Morgan fingerprint density at radius 3 is 2.63 bits per heavy atom. The first-order valence-corrected chi connectivity index (χ1v) is 8.96. The number of hydrogen-bond acceptors (Lipinski definition) is 3. The summed E-state index contributed by atoms with van der Waals surface area (Å²) in [6.45, 7) is 2.08. The molecule has 3 nitrogen and oxygen atoms in total. The lowest BCUT2D eigenvalue weighted by atomic mass is 10.1. The molecule has 0 unspecified atom stereocenters. The monoisotopic (exact) mass is 393 g/mol. The Balaban J connectivity index is 1.94. The molecule has 27 heavy (non-hydrogen) atoms. The summed E-state index contributed by atoms with van der Waals surface area (Å²) in [7, 11) is 2.02. The molecule has 0 aliphatic carbocycles. The van der Waals surface area contributed by atoms with E-state index in [1.165, 1.54) is 12.1 Å². The van der Waals surface area contributed by atoms with Gasteiger partial charge in [-0.1, -0.05) is 23.7 Å². The Morgan fingerprint density at radius 1 is 1.26 bits per heavy atom. The van der Waals surface area contributed by atoms with E-state index < -0.39 is 11.7 Å². The second-order valence-electron chi connectivity index (χ2n) is 6.81. The predicted octanol–water partition coefficient (Wildman–Crippen LogP) is 4.94. The fourth-order valence-corrected chi connectivity index (χ4v) is 3.63. The van der Waals surface area contributed by atoms with Crippen LogP contribution in [0.3, 0.4) is 0 Å². The summed E-state index contributed by atoms with van der Waals surface area (Å²) in [5, 5.41) is 9.42. The zero-order valence-electron chi connectivity index (χ0n) is 14.8. The van der Waals surface area contributed by atoms with Crippen LogP contribution in [0.1, 0.15) is 23.1 Å². The lowest BCUT2D eigenvalue weighted by Gasteiger charge is -2.32. The highest BCUT2D eigenvalue weighted by molar-refractivity contribution is 6.32. The van der Waals surface area contributed by atoms with Gasteiger partial charge in [0.25, 0.3) is 0 Å². The van der Waals surface area contributed by atoms with E-state index in [-0.39, 0.29) is 6.04 Å². The third-order valence-electron chi connectivity index (χ3n) is 4.82. The predicted molar refractivity (Wildman–Crippen MR) is 99.7 cm³/mol. The van der Waals surface area contributed by atoms with E-state index in [4.69, 9.17) is 16.9 Å². The summed E-state index contributed by atoms with van der Waals surface area (Å²) in [6, 6.07) is 12.8. The molecule has 0 spiro atoms. The Kier molecular flexibility index (Phi) is 5.64. The Morgan fingerprint density at radius 2 is 2.04 bits per heavy atom. The molecule has 1 aliphatic heterocycles. The number of anilines is 1. The number of nitrogens with zero attached hydrogens (tertiary/aromatic N) is 3. The van der Waals surface area contributed by atoms with Gasteiger partial charge >= 0.3 is 6.18 Å². The molecule has 0 aromatic heterocycles. The molecule has 0 bridgehead atoms. The molecular weight excluding hydrogens is 375 g/mol. The van der Waals surface area contributed by atoms with Crippen LogP contribution in [-0.4, -0.2) is 31.1 Å². The average molecular weight is 394 g/mol. The van der Waals surface area contributed by atoms with Crippen LogP contribution in [0.5, 0.6) is 0 Å². The number of hydrogen-bond donors (Lipinski definition) is 0. The SMILES string of the molecule is CN1CC[C@H](N(Cc2cccc(C(F)(F)F)c2)c2ccc(C#N)c(Cl)c2)C1. The minimum absolute atomic E-state index is 0.161. The molecule has 2 aromatic rings. The van der Waals surface area contributed by atoms with Gasteiger partial charge in [-0.15, -0.1) is 0 Å². The van der Waals surface area contributed by atoms with Gasteiger partial charge in [0.1, 0.15) is 6.07 Å². The zero-order chi connectivity index (χ0) is 19.6. The van der Waals surface area contributed by atoms with Crippen LogP contribution >= 0.6 is 11.6 Å². The minimum Gasteiger partial charge on any atom is -0.363 e. The Labute approximate surface area is 161 Å². The number of alkyl halides is 3. The molecule has 0 saturated carbocycles. The van der Waals surface area contributed by atoms with Crippen molar-refractivity contribution in [3.63, 3.8) is 0 Å². The van der Waals surface area contributed by atoms with Crippen molar-refractivity contribution in [1.29, 1.82) is 5.26 Å². The smallest absolute Gasteiger partial charge is 0.363 e. The second kappa shape index (κ2) is 7.79. The molecule has 1 aliphatic rings. The molecule has 0 N–H and O–H groups in total. The number of halogens is 4. The summed E-state index contributed by atoms with van der Waals surface area (Å²) >= 11 is 6.19. The van der Waals surface area contributed by atoms with Gasteiger partial charge in [-0.3, -0.25) is 0 Å². The summed E-state index contributed by atoms with van der Waals surface area (Å²) in [5.74, 6) is 0. The van der Waals surface area contributed by atoms with Crippen LogP contribution in [0.2, 0.25) is 5.02 Å². The summed E-state index contributed by atoms with van der Waals surface area (Å²) in [6.07, 6.45) is -3.46. The van der Waals surface area contributed by atoms with Crippen molar-refractivity contribution in [1.82, 2.24) is 4.90 Å². The van der Waals surface area contributed by atoms with E-state index in [0.29, 0.717) is 22.7 Å². The molecule has 1 saturated heterocycles. The Hall–Kier alpha value is -2.23. The van der Waals surface area contributed by atoms with Gasteiger partial charge in [-0.2, -0.15) is 18.4 Å². The molecule has 1 atom stereocenters. The normalized spacial score (nSPS) is 17.7. The fourth-order valence-electron chi connectivity index (χ4n) is 3.41. The number of nitriles is 1. The molecular formula is C20H19ClF3N3. The average Bonchev–Trinajstić information content (AvgIpc) is 3.05. The van der Waals surface area contributed by atoms with Crippen LogP contribution in [0, 0.1) is 11.3 Å². The molecule has 7 heteroatoms. The first kappa shape index (κ1) is 19.5. The third-order valence-corrected chi connectivity index (χ3v) is 5.13. The first-order chi connectivity index (χ1) is 12.8. The van der Waals surface area contributed by atoms with Crippen LogP contribution in [0.25, 0.3) is 0 Å². The highest BCUT2D eigenvalue weighted by atomic mass is 35.5. The van der Waals surface area contributed by atoms with Crippen LogP contribution in [0.4, 0.5) is 18.9 Å². The van der Waals surface area contributed by atoms with Crippen molar-refractivity contribution in [3.8, 4) is 6.07 Å². The minimum atomic E-state index is -4.37. The maximum absolute atomic E-state index is 13.0.